The third kappa shape index (κ3) is 3.22. The number of nitriles is 1. The Hall–Kier alpha value is -2.02. The molecule has 4 nitrogen and oxygen atoms in total. The average molecular weight is 229 g/mol. The molecule has 0 N–H and O–H groups in total. The lowest BCUT2D eigenvalue weighted by Gasteiger charge is -2.28. The number of nitrogens with zero attached hydrogens (tertiary/aromatic N) is 3. The lowest BCUT2D eigenvalue weighted by Crippen LogP contribution is -2.38. The van der Waals surface area contributed by atoms with E-state index in [-0.39, 0.29) is 0 Å². The summed E-state index contributed by atoms with van der Waals surface area (Å²) in [5.74, 6) is 0.715. The third-order valence-corrected chi connectivity index (χ3v) is 2.72. The number of para-hydroxylation sites is 1. The van der Waals surface area contributed by atoms with Gasteiger partial charge in [-0.2, -0.15) is 5.26 Å². The second-order valence-electron chi connectivity index (χ2n) is 3.96. The molecule has 0 aliphatic carbocycles. The summed E-state index contributed by atoms with van der Waals surface area (Å²) in [6.45, 7) is 1.82. The highest BCUT2D eigenvalue weighted by molar-refractivity contribution is 5.77. The molecule has 0 unspecified atom stereocenters. The molecule has 0 spiro atoms. The molecule has 0 amide bonds. The van der Waals surface area contributed by atoms with Crippen LogP contribution < -0.4 is 4.74 Å². The molecule has 1 aromatic carbocycles. The van der Waals surface area contributed by atoms with E-state index in [1.165, 1.54) is 6.42 Å². The van der Waals surface area contributed by atoms with Crippen molar-refractivity contribution >= 4 is 6.02 Å². The Morgan fingerprint density at radius 1 is 1.18 bits per heavy atom. The Morgan fingerprint density at radius 3 is 2.53 bits per heavy atom. The highest BCUT2D eigenvalue weighted by atomic mass is 16.5. The van der Waals surface area contributed by atoms with Gasteiger partial charge in [-0.05, 0) is 31.4 Å². The fourth-order valence-electron chi connectivity index (χ4n) is 1.88. The maximum atomic E-state index is 8.70. The van der Waals surface area contributed by atoms with Gasteiger partial charge in [0.05, 0.1) is 0 Å². The summed E-state index contributed by atoms with van der Waals surface area (Å²) in [7, 11) is 0. The van der Waals surface area contributed by atoms with Gasteiger partial charge >= 0.3 is 6.02 Å². The first-order valence-corrected chi connectivity index (χ1v) is 5.85. The Morgan fingerprint density at radius 2 is 1.88 bits per heavy atom. The van der Waals surface area contributed by atoms with Crippen molar-refractivity contribution in [3.8, 4) is 11.9 Å². The van der Waals surface area contributed by atoms with Crippen molar-refractivity contribution in [2.75, 3.05) is 13.1 Å². The summed E-state index contributed by atoms with van der Waals surface area (Å²) < 4.78 is 5.65. The van der Waals surface area contributed by atoms with Gasteiger partial charge < -0.3 is 9.64 Å². The monoisotopic (exact) mass is 229 g/mol. The van der Waals surface area contributed by atoms with Gasteiger partial charge in [0, 0.05) is 13.1 Å². The standard InChI is InChI=1S/C13H15N3O/c14-11-15-13(16-9-5-2-6-10-16)17-12-7-3-1-4-8-12/h1,3-4,7-8H,2,5-6,9-10H2/b15-13-. The summed E-state index contributed by atoms with van der Waals surface area (Å²) in [5.41, 5.74) is 0. The van der Waals surface area contributed by atoms with Crippen molar-refractivity contribution < 1.29 is 4.74 Å². The van der Waals surface area contributed by atoms with Gasteiger partial charge in [0.25, 0.3) is 0 Å². The Kier molecular flexibility index (Phi) is 3.98. The fourth-order valence-corrected chi connectivity index (χ4v) is 1.88. The summed E-state index contributed by atoms with van der Waals surface area (Å²) in [6, 6.07) is 9.85. The zero-order valence-electron chi connectivity index (χ0n) is 9.67. The Bertz CT molecular complexity index is 416. The van der Waals surface area contributed by atoms with E-state index in [0.29, 0.717) is 11.8 Å². The van der Waals surface area contributed by atoms with Gasteiger partial charge in [-0.1, -0.05) is 18.2 Å². The number of hydrogen-bond acceptors (Lipinski definition) is 3. The molecule has 0 bridgehead atoms. The third-order valence-electron chi connectivity index (χ3n) is 2.72. The molecule has 0 atom stereocenters. The molecular formula is C13H15N3O. The topological polar surface area (TPSA) is 48.6 Å². The number of ether oxygens (including phenoxy) is 1. The molecule has 0 saturated carbocycles. The molecule has 4 heteroatoms. The Balaban J connectivity index is 2.08. The van der Waals surface area contributed by atoms with Crippen LogP contribution in [0.2, 0.25) is 0 Å². The van der Waals surface area contributed by atoms with Gasteiger partial charge in [-0.3, -0.25) is 0 Å². The largest absolute Gasteiger partial charge is 0.425 e. The smallest absolute Gasteiger partial charge is 0.308 e. The summed E-state index contributed by atoms with van der Waals surface area (Å²) >= 11 is 0. The van der Waals surface area contributed by atoms with E-state index >= 15 is 0 Å². The molecule has 0 aromatic heterocycles. The minimum absolute atomic E-state index is 0.415. The second kappa shape index (κ2) is 5.90. The van der Waals surface area contributed by atoms with Crippen molar-refractivity contribution in [1.29, 1.82) is 5.26 Å². The molecule has 0 radical (unpaired) electrons. The first-order chi connectivity index (χ1) is 8.40. The highest BCUT2D eigenvalue weighted by Gasteiger charge is 2.16. The van der Waals surface area contributed by atoms with Crippen LogP contribution in [0.4, 0.5) is 0 Å². The second-order valence-corrected chi connectivity index (χ2v) is 3.96. The number of likely N-dealkylation sites (tertiary alicyclic amines) is 1. The number of rotatable bonds is 1. The van der Waals surface area contributed by atoms with E-state index in [2.05, 4.69) is 4.99 Å². The van der Waals surface area contributed by atoms with E-state index in [0.717, 1.165) is 25.9 Å². The van der Waals surface area contributed by atoms with Gasteiger partial charge in [0.2, 0.25) is 6.19 Å². The van der Waals surface area contributed by atoms with Crippen LogP contribution in [0.25, 0.3) is 0 Å². The SMILES string of the molecule is N#C/N=C(\Oc1ccccc1)N1CCCCC1. The summed E-state index contributed by atoms with van der Waals surface area (Å²) in [4.78, 5) is 5.80. The fraction of sp³-hybridized carbons (Fsp3) is 0.385. The summed E-state index contributed by atoms with van der Waals surface area (Å²) in [6.07, 6.45) is 5.30. The van der Waals surface area contributed by atoms with Crippen molar-refractivity contribution in [3.63, 3.8) is 0 Å². The first kappa shape index (κ1) is 11.5. The first-order valence-electron chi connectivity index (χ1n) is 5.85. The van der Waals surface area contributed by atoms with Gasteiger partial charge in [-0.15, -0.1) is 4.99 Å². The van der Waals surface area contributed by atoms with Crippen LogP contribution in [0.15, 0.2) is 35.3 Å². The molecule has 1 aliphatic rings. The molecule has 1 aromatic rings. The highest BCUT2D eigenvalue weighted by Crippen LogP contribution is 2.14. The van der Waals surface area contributed by atoms with Crippen LogP contribution in [0.3, 0.4) is 0 Å². The maximum Gasteiger partial charge on any atom is 0.308 e. The van der Waals surface area contributed by atoms with Crippen LogP contribution in [-0.4, -0.2) is 24.0 Å². The summed E-state index contributed by atoms with van der Waals surface area (Å²) in [5, 5.41) is 8.70. The number of amidine groups is 1. The number of hydrogen-bond donors (Lipinski definition) is 0. The van der Waals surface area contributed by atoms with Crippen LogP contribution in [0.1, 0.15) is 19.3 Å². The molecule has 1 heterocycles. The molecule has 17 heavy (non-hydrogen) atoms. The zero-order valence-corrected chi connectivity index (χ0v) is 9.67. The van der Waals surface area contributed by atoms with Crippen LogP contribution >= 0.6 is 0 Å². The van der Waals surface area contributed by atoms with Crippen molar-refractivity contribution in [1.82, 2.24) is 4.90 Å². The minimum Gasteiger partial charge on any atom is -0.425 e. The molecule has 1 saturated heterocycles. The van der Waals surface area contributed by atoms with E-state index in [1.54, 1.807) is 6.19 Å². The lowest BCUT2D eigenvalue weighted by molar-refractivity contribution is 0.291. The molecular weight excluding hydrogens is 214 g/mol. The Labute approximate surface area is 101 Å². The molecule has 1 fully saturated rings. The number of benzene rings is 1. The van der Waals surface area contributed by atoms with Gasteiger partial charge in [-0.25, -0.2) is 0 Å². The lowest BCUT2D eigenvalue weighted by atomic mass is 10.1. The van der Waals surface area contributed by atoms with Crippen LogP contribution in [-0.2, 0) is 0 Å². The molecule has 1 aliphatic heterocycles. The van der Waals surface area contributed by atoms with Crippen molar-refractivity contribution in [2.24, 2.45) is 4.99 Å². The van der Waals surface area contributed by atoms with Crippen molar-refractivity contribution in [3.05, 3.63) is 30.3 Å². The molecule has 88 valence electrons. The van der Waals surface area contributed by atoms with E-state index < -0.39 is 0 Å². The maximum absolute atomic E-state index is 8.70. The van der Waals surface area contributed by atoms with Crippen LogP contribution in [0, 0.1) is 11.5 Å². The quantitative estimate of drug-likeness (QED) is 0.422. The molecule has 2 rings (SSSR count). The number of piperidine rings is 1. The normalized spacial score (nSPS) is 16.4. The predicted molar refractivity (Wildman–Crippen MR) is 65.5 cm³/mol. The number of aliphatic imine (C=N–C) groups is 1. The predicted octanol–water partition coefficient (Wildman–Crippen LogP) is 2.39. The van der Waals surface area contributed by atoms with E-state index in [1.807, 2.05) is 35.2 Å². The van der Waals surface area contributed by atoms with Crippen molar-refractivity contribution in [2.45, 2.75) is 19.3 Å². The van der Waals surface area contributed by atoms with Crippen LogP contribution in [0.5, 0.6) is 5.75 Å². The zero-order chi connectivity index (χ0) is 11.9. The van der Waals surface area contributed by atoms with Gasteiger partial charge in [0.1, 0.15) is 5.75 Å². The van der Waals surface area contributed by atoms with E-state index in [4.69, 9.17) is 10.00 Å². The van der Waals surface area contributed by atoms with Gasteiger partial charge in [0.15, 0.2) is 0 Å². The average Bonchev–Trinajstić information content (AvgIpc) is 2.40. The van der Waals surface area contributed by atoms with E-state index in [9.17, 15) is 0 Å². The minimum atomic E-state index is 0.415.